The number of allylic oxidation sites excluding steroid dienone is 3. The quantitative estimate of drug-likeness (QED) is 0.0178. The number of ether oxygens (including phenoxy) is 7. The number of anilines is 1. The number of hydrogen-bond acceptors (Lipinski definition) is 29. The Labute approximate surface area is 866 Å². The largest absolute Gasteiger partial charge is 0.481 e. The number of nitrogens with zero attached hydrogens (tertiary/aromatic N) is 8. The fourth-order valence-electron chi connectivity index (χ4n) is 20.0. The lowest BCUT2D eigenvalue weighted by molar-refractivity contribution is -0.162. The molecule has 7 heterocycles. The summed E-state index contributed by atoms with van der Waals surface area (Å²) in [6.45, 7) is 20.6. The van der Waals surface area contributed by atoms with Crippen LogP contribution in [0.2, 0.25) is 5.02 Å². The third kappa shape index (κ3) is 31.9. The number of nitrogens with one attached hydrogen (secondary N) is 1. The molecule has 0 saturated carbocycles. The molecular formula is C104H156ClN9O27S3. The van der Waals surface area contributed by atoms with Crippen LogP contribution >= 0.6 is 46.9 Å². The molecule has 20 atom stereocenters. The van der Waals surface area contributed by atoms with Crippen LogP contribution in [0.1, 0.15) is 203 Å². The molecule has 6 saturated heterocycles. The zero-order valence-electron chi connectivity index (χ0n) is 86.4. The Morgan fingerprint density at radius 3 is 1.94 bits per heavy atom. The zero-order chi connectivity index (χ0) is 106. The number of likely N-dealkylation sites (tertiary alicyclic amines) is 4. The highest BCUT2D eigenvalue weighted by molar-refractivity contribution is 8.00. The molecule has 804 valence electrons. The maximum absolute atomic E-state index is 14.7. The number of carbonyl (C=O) groups excluding carboxylic acids is 15. The lowest BCUT2D eigenvalue weighted by Crippen LogP contribution is -2.62. The van der Waals surface area contributed by atoms with Gasteiger partial charge >= 0.3 is 18.0 Å². The molecule has 0 aromatic heterocycles. The van der Waals surface area contributed by atoms with Crippen LogP contribution in [0.15, 0.2) is 66.3 Å². The summed E-state index contributed by atoms with van der Waals surface area (Å²) in [5.41, 5.74) is -0.230. The molecule has 7 aliphatic heterocycles. The average Bonchev–Trinajstić information content (AvgIpc) is 1.57. The first-order chi connectivity index (χ1) is 67.7. The summed E-state index contributed by atoms with van der Waals surface area (Å²) in [6.07, 6.45) is 7.39. The second kappa shape index (κ2) is 57.1. The third-order valence-corrected chi connectivity index (χ3v) is 32.4. The summed E-state index contributed by atoms with van der Waals surface area (Å²) in [5, 5.41) is 44.0. The Bertz CT molecular complexity index is 4840. The van der Waals surface area contributed by atoms with Crippen LogP contribution in [-0.2, 0) is 125 Å². The minimum atomic E-state index is -1.92. The number of Topliss-reactive ketones (excluding diaryl/α,β-unsaturated/α-hetero) is 2. The summed E-state index contributed by atoms with van der Waals surface area (Å²) in [4.78, 5) is 224. The average molecular weight is 2100 g/mol. The smallest absolute Gasteiger partial charge is 0.409 e. The first kappa shape index (κ1) is 122. The predicted molar refractivity (Wildman–Crippen MR) is 547 cm³/mol. The number of thioether (sulfide) groups is 3. The van der Waals surface area contributed by atoms with Gasteiger partial charge in [0, 0.05) is 142 Å². The van der Waals surface area contributed by atoms with Crippen molar-refractivity contribution in [3.63, 3.8) is 0 Å². The second-order valence-electron chi connectivity index (χ2n) is 39.6. The van der Waals surface area contributed by atoms with Crippen LogP contribution in [0, 0.1) is 53.3 Å². The van der Waals surface area contributed by atoms with Gasteiger partial charge in [-0.2, -0.15) is 23.5 Å². The number of likely N-dealkylation sites (N-methyl/N-ethyl adjacent to an activating group) is 3. The zero-order valence-corrected chi connectivity index (χ0v) is 89.6. The number of ketones is 2. The first-order valence-electron chi connectivity index (χ1n) is 49.7. The predicted octanol–water partition coefficient (Wildman–Crippen LogP) is 9.82. The van der Waals surface area contributed by atoms with Gasteiger partial charge in [-0.25, -0.2) is 9.59 Å². The number of carboxylic acid groups (broad SMARTS) is 1. The van der Waals surface area contributed by atoms with Gasteiger partial charge in [0.25, 0.3) is 0 Å². The van der Waals surface area contributed by atoms with E-state index in [1.165, 1.54) is 71.5 Å². The van der Waals surface area contributed by atoms with Crippen molar-refractivity contribution in [1.29, 1.82) is 0 Å². The van der Waals surface area contributed by atoms with E-state index in [0.717, 1.165) is 27.8 Å². The van der Waals surface area contributed by atoms with Gasteiger partial charge in [-0.3, -0.25) is 87.1 Å². The van der Waals surface area contributed by atoms with Gasteiger partial charge in [0.1, 0.15) is 29.6 Å². The van der Waals surface area contributed by atoms with Crippen molar-refractivity contribution in [2.24, 2.45) is 53.3 Å². The molecule has 0 spiro atoms. The number of epoxide rings is 1. The van der Waals surface area contributed by atoms with Crippen LogP contribution in [0.25, 0.3) is 0 Å². The number of carbonyl (C=O) groups is 16. The maximum atomic E-state index is 14.7. The molecule has 0 aliphatic carbocycles. The van der Waals surface area contributed by atoms with Crippen molar-refractivity contribution in [1.82, 2.24) is 39.6 Å². The Hall–Kier alpha value is -8.74. The molecule has 40 heteroatoms. The summed E-state index contributed by atoms with van der Waals surface area (Å²) < 4.78 is 41.1. The van der Waals surface area contributed by atoms with E-state index in [0.29, 0.717) is 80.6 Å². The standard InChI is InChI=1S/C53H84N4O11S.C50H68ClN5O16S2.CH4/c1-13-35(6)49(44(67-10)31-47(62)56-26-20-23-41(56)50(68-11)36(7)42(58)28-38(53(65)66)27-37-21-16-14-17-22-37)55(9)52(64)40(33(2)3)30-43(59)48(34(4)5)54(8)45(60)24-18-15-19-25-57-46(61)29-39(32-69-12)51(57)63;1-28-9-8-10-33(27-58)50(67)25-35(70-48(66)52-50)29(2)44-49(4,72-44)38(24-40(60)54(6)34-21-31(19-28)20-32(26-57)43(34)51)71-47(65)30(3)53(5)39(59)11-18-74-37-23-42(62)56(46(37)64)13-15-69-17-16-68-14-12-55-41(61)22-36(73-7)45(55)63;/h14,16-17,21-22,33-36,38-41,44,48-50H,13,15,18-20,23-32H2,1-12H3,(H,65,66);8-10,20-21,29-30,33,35-38,44,57-58,67H,11-19,22-27H2,1-7H3,(H,52,66);1H4/b;10-8+,28-9+;/t35-,36-,38+,39?,40-,41-,44+,48-,49-,50+;29-,30+,33+,35+,36?,37?,38+,44+,49+,50+;/m01./s1. The van der Waals surface area contributed by atoms with E-state index in [4.69, 9.17) is 44.8 Å². The number of aliphatic carboxylic acids is 1. The van der Waals surface area contributed by atoms with Crippen LogP contribution in [0.5, 0.6) is 0 Å². The van der Waals surface area contributed by atoms with Crippen molar-refractivity contribution in [2.75, 3.05) is 131 Å². The van der Waals surface area contributed by atoms with Crippen LogP contribution in [-0.4, -0.2) is 351 Å². The van der Waals surface area contributed by atoms with Gasteiger partial charge in [-0.05, 0) is 112 Å². The number of esters is 1. The number of unbranched alkanes of at least 4 members (excludes halogenated alkanes) is 2. The van der Waals surface area contributed by atoms with Crippen molar-refractivity contribution >= 4 is 147 Å². The fourth-order valence-corrected chi connectivity index (χ4v) is 22.7. The van der Waals surface area contributed by atoms with E-state index >= 15 is 0 Å². The number of hydrogen-bond donors (Lipinski definition) is 5. The lowest BCUT2D eigenvalue weighted by atomic mass is 9.81. The summed E-state index contributed by atoms with van der Waals surface area (Å²) in [5.74, 6) is -9.39. The number of rotatable bonds is 50. The molecule has 2 aromatic rings. The van der Waals surface area contributed by atoms with Crippen molar-refractivity contribution in [3.05, 3.63) is 88.0 Å². The van der Waals surface area contributed by atoms with Crippen molar-refractivity contribution < 1.29 is 130 Å². The number of imide groups is 3. The Morgan fingerprint density at radius 1 is 0.729 bits per heavy atom. The number of carboxylic acids is 1. The van der Waals surface area contributed by atoms with Crippen molar-refractivity contribution in [3.8, 4) is 0 Å². The Kier molecular flexibility index (Phi) is 48.5. The SMILES string of the molecule is C.CC[C@H](C)[C@@H]([C@@H](CC(=O)N1CCC[C@H]1[C@H](OC)[C@@H](C)C(=O)C[C@@H](Cc1ccccc1)C(=O)O)OC)N(C)C(=O)[C@@H](CC(=O)[C@H](C(C)C)N(C)C(=O)CCCCCN1C(=O)CC(CSC)C1=O)C(C)C.CSC1CC(=O)N(CCOCCOCCN2C(=O)CC(SCCC(=O)N(C)[C@@H](C)C(=O)O[C@H]3CC(=O)N(C)c4cc(cc(CO)c4Cl)C/C(C)=C/C=C/[C@@H](CO)[C@@]4(O)C[C@H](OC(=O)N4)[C@@H](C)[C@@H]4O[C@@]34C)C2=O)C1=O. The van der Waals surface area contributed by atoms with Gasteiger partial charge in [0.15, 0.2) is 11.5 Å². The number of fused-ring (bicyclic) bond motifs is 5. The van der Waals surface area contributed by atoms with Gasteiger partial charge in [0.2, 0.25) is 65.0 Å². The molecule has 5 N–H and O–H groups in total. The van der Waals surface area contributed by atoms with Gasteiger partial charge in [-0.1, -0.05) is 147 Å². The lowest BCUT2D eigenvalue weighted by Gasteiger charge is -2.42. The number of benzene rings is 2. The number of amides is 12. The molecule has 144 heavy (non-hydrogen) atoms. The molecule has 9 rings (SSSR count). The molecule has 4 bridgehead atoms. The number of aliphatic hydroxyl groups is 3. The summed E-state index contributed by atoms with van der Waals surface area (Å²) in [7, 11) is 9.31. The highest BCUT2D eigenvalue weighted by atomic mass is 35.5. The minimum absolute atomic E-state index is 0. The van der Waals surface area contributed by atoms with Crippen LogP contribution in [0.4, 0.5) is 10.5 Å². The van der Waals surface area contributed by atoms with Gasteiger partial charge in [-0.15, -0.1) is 11.8 Å². The molecule has 7 aliphatic rings. The molecule has 6 fully saturated rings. The molecule has 12 amide bonds. The monoisotopic (exact) mass is 2090 g/mol. The normalized spacial score (nSPS) is 25.0. The van der Waals surface area contributed by atoms with Crippen LogP contribution < -0.4 is 10.2 Å². The number of aliphatic hydroxyl groups excluding tert-OH is 2. The molecule has 36 nitrogen and oxygen atoms in total. The summed E-state index contributed by atoms with van der Waals surface area (Å²) in [6, 6.07) is 9.76. The number of methoxy groups -OCH3 is 2. The van der Waals surface area contributed by atoms with E-state index in [9.17, 15) is 97.1 Å². The maximum Gasteiger partial charge on any atom is 0.409 e. The fraction of sp³-hybridized carbons (Fsp3) is 0.692. The minimum Gasteiger partial charge on any atom is -0.481 e. The third-order valence-electron chi connectivity index (χ3n) is 29.1. The van der Waals surface area contributed by atoms with E-state index < -0.39 is 156 Å². The Balaban J connectivity index is 0.000000389. The number of alkyl carbamates (subject to hydrolysis) is 1. The summed E-state index contributed by atoms with van der Waals surface area (Å²) >= 11 is 10.8. The Morgan fingerprint density at radius 2 is 1.35 bits per heavy atom. The molecular weight excluding hydrogens is 1940 g/mol. The van der Waals surface area contributed by atoms with Gasteiger partial charge < -0.3 is 78.1 Å². The number of halogens is 1. The first-order valence-corrected chi connectivity index (χ1v) is 53.8. The topological polar surface area (TPSA) is 460 Å². The highest BCUT2D eigenvalue weighted by Gasteiger charge is 2.65. The molecule has 2 aromatic carbocycles. The van der Waals surface area contributed by atoms with E-state index in [1.807, 2.05) is 85.1 Å². The molecule has 0 radical (unpaired) electrons. The second-order valence-corrected chi connectivity index (χ2v) is 43.3. The van der Waals surface area contributed by atoms with Gasteiger partial charge in [0.05, 0.1) is 135 Å². The highest BCUT2D eigenvalue weighted by Crippen LogP contribution is 2.50. The van der Waals surface area contributed by atoms with Crippen molar-refractivity contribution in [2.45, 2.75) is 282 Å². The van der Waals surface area contributed by atoms with E-state index in [-0.39, 0.29) is 210 Å². The van der Waals surface area contributed by atoms with E-state index in [1.54, 1.807) is 93.0 Å². The molecule has 3 unspecified atom stereocenters. The van der Waals surface area contributed by atoms with Crippen LogP contribution in [0.3, 0.4) is 0 Å². The van der Waals surface area contributed by atoms with E-state index in [2.05, 4.69) is 5.32 Å².